The number of ether oxygens (including phenoxy) is 2. The highest BCUT2D eigenvalue weighted by Crippen LogP contribution is 2.33. The van der Waals surface area contributed by atoms with Crippen LogP contribution in [0.3, 0.4) is 0 Å². The van der Waals surface area contributed by atoms with Gasteiger partial charge in [-0.3, -0.25) is 4.79 Å². The number of aromatic hydroxyl groups is 1. The van der Waals surface area contributed by atoms with Crippen LogP contribution >= 0.6 is 0 Å². The van der Waals surface area contributed by atoms with Gasteiger partial charge in [-0.2, -0.15) is 0 Å². The van der Waals surface area contributed by atoms with E-state index < -0.39 is 0 Å². The van der Waals surface area contributed by atoms with E-state index in [0.717, 1.165) is 16.3 Å². The summed E-state index contributed by atoms with van der Waals surface area (Å²) in [6.45, 7) is 0.185. The first-order valence-corrected chi connectivity index (χ1v) is 7.35. The SMILES string of the molecule is O=C(Cc1cccc2cccc(O)c12)c1ccc2c(c1)OCO2. The summed E-state index contributed by atoms with van der Waals surface area (Å²) in [6.07, 6.45) is 0.217. The number of hydrogen-bond acceptors (Lipinski definition) is 4. The fourth-order valence-electron chi connectivity index (χ4n) is 2.89. The number of rotatable bonds is 3. The highest BCUT2D eigenvalue weighted by atomic mass is 16.7. The molecular formula is C19H14O4. The molecule has 1 N–H and O–H groups in total. The third-order valence-electron chi connectivity index (χ3n) is 4.01. The maximum Gasteiger partial charge on any atom is 0.231 e. The van der Waals surface area contributed by atoms with Crippen molar-refractivity contribution in [3.63, 3.8) is 0 Å². The number of carbonyl (C=O) groups excluding carboxylic acids is 1. The van der Waals surface area contributed by atoms with E-state index in [4.69, 9.17) is 9.47 Å². The van der Waals surface area contributed by atoms with Gasteiger partial charge < -0.3 is 14.6 Å². The van der Waals surface area contributed by atoms with Gasteiger partial charge in [0.05, 0.1) is 0 Å². The zero-order chi connectivity index (χ0) is 15.8. The molecule has 114 valence electrons. The maximum atomic E-state index is 12.6. The minimum absolute atomic E-state index is 0.0287. The zero-order valence-electron chi connectivity index (χ0n) is 12.3. The molecular weight excluding hydrogens is 292 g/mol. The third kappa shape index (κ3) is 2.38. The van der Waals surface area contributed by atoms with Crippen molar-refractivity contribution in [2.75, 3.05) is 6.79 Å². The molecule has 0 spiro atoms. The smallest absolute Gasteiger partial charge is 0.231 e. The average molecular weight is 306 g/mol. The molecule has 0 aromatic heterocycles. The van der Waals surface area contributed by atoms with E-state index in [9.17, 15) is 9.90 Å². The van der Waals surface area contributed by atoms with Crippen LogP contribution in [0.2, 0.25) is 0 Å². The molecule has 4 heteroatoms. The van der Waals surface area contributed by atoms with E-state index >= 15 is 0 Å². The molecule has 0 amide bonds. The lowest BCUT2D eigenvalue weighted by Crippen LogP contribution is -2.04. The molecule has 1 heterocycles. The van der Waals surface area contributed by atoms with Crippen LogP contribution in [0.15, 0.2) is 54.6 Å². The van der Waals surface area contributed by atoms with Gasteiger partial charge >= 0.3 is 0 Å². The lowest BCUT2D eigenvalue weighted by Gasteiger charge is -2.08. The Morgan fingerprint density at radius 3 is 2.65 bits per heavy atom. The van der Waals surface area contributed by atoms with Crippen molar-refractivity contribution in [2.45, 2.75) is 6.42 Å². The van der Waals surface area contributed by atoms with Crippen molar-refractivity contribution in [3.05, 3.63) is 65.7 Å². The highest BCUT2D eigenvalue weighted by molar-refractivity contribution is 6.01. The molecule has 0 radical (unpaired) electrons. The normalized spacial score (nSPS) is 12.5. The third-order valence-corrected chi connectivity index (χ3v) is 4.01. The number of ketones is 1. The van der Waals surface area contributed by atoms with E-state index in [2.05, 4.69) is 0 Å². The molecule has 1 aliphatic rings. The highest BCUT2D eigenvalue weighted by Gasteiger charge is 2.17. The van der Waals surface area contributed by atoms with E-state index in [1.807, 2.05) is 24.3 Å². The van der Waals surface area contributed by atoms with E-state index in [0.29, 0.717) is 17.1 Å². The summed E-state index contributed by atoms with van der Waals surface area (Å²) in [5, 5.41) is 11.8. The van der Waals surface area contributed by atoms with Gasteiger partial charge in [0.2, 0.25) is 6.79 Å². The van der Waals surface area contributed by atoms with Crippen LogP contribution in [-0.2, 0) is 6.42 Å². The van der Waals surface area contributed by atoms with Crippen LogP contribution in [0, 0.1) is 0 Å². The summed E-state index contributed by atoms with van der Waals surface area (Å²) in [5.74, 6) is 1.41. The molecule has 0 fully saturated rings. The molecule has 0 saturated carbocycles. The van der Waals surface area contributed by atoms with Gasteiger partial charge in [-0.05, 0) is 35.2 Å². The minimum atomic E-state index is -0.0287. The Bertz CT molecular complexity index is 909. The van der Waals surface area contributed by atoms with Gasteiger partial charge in [0, 0.05) is 17.4 Å². The Morgan fingerprint density at radius 1 is 1.00 bits per heavy atom. The van der Waals surface area contributed by atoms with Crippen LogP contribution in [0.1, 0.15) is 15.9 Å². The summed E-state index contributed by atoms with van der Waals surface area (Å²) in [6, 6.07) is 16.2. The first kappa shape index (κ1) is 13.6. The molecule has 4 rings (SSSR count). The fraction of sp³-hybridized carbons (Fsp3) is 0.105. The second-order valence-corrected chi connectivity index (χ2v) is 5.46. The standard InChI is InChI=1S/C19H14O4/c20-15-6-2-4-12-3-1-5-14(19(12)15)9-16(21)13-7-8-17-18(10-13)23-11-22-17/h1-8,10,20H,9,11H2. The number of phenolic OH excluding ortho intramolecular Hbond substituents is 1. The van der Waals surface area contributed by atoms with Crippen molar-refractivity contribution in [3.8, 4) is 17.2 Å². The van der Waals surface area contributed by atoms with Gasteiger partial charge in [0.1, 0.15) is 5.75 Å². The molecule has 0 atom stereocenters. The van der Waals surface area contributed by atoms with E-state index in [1.165, 1.54) is 0 Å². The Hall–Kier alpha value is -3.01. The predicted octanol–water partition coefficient (Wildman–Crippen LogP) is 3.70. The first-order chi connectivity index (χ1) is 11.2. The minimum Gasteiger partial charge on any atom is -0.507 e. The quantitative estimate of drug-likeness (QED) is 0.750. The summed E-state index contributed by atoms with van der Waals surface area (Å²) in [7, 11) is 0. The summed E-state index contributed by atoms with van der Waals surface area (Å²) < 4.78 is 10.6. The fourth-order valence-corrected chi connectivity index (χ4v) is 2.89. The summed E-state index contributed by atoms with van der Waals surface area (Å²) in [4.78, 5) is 12.6. The van der Waals surface area contributed by atoms with Gasteiger partial charge in [-0.25, -0.2) is 0 Å². The Labute approximate surface area is 132 Å². The van der Waals surface area contributed by atoms with Gasteiger partial charge in [-0.15, -0.1) is 0 Å². The maximum absolute atomic E-state index is 12.6. The zero-order valence-corrected chi connectivity index (χ0v) is 12.3. The lowest BCUT2D eigenvalue weighted by atomic mass is 9.97. The van der Waals surface area contributed by atoms with E-state index in [-0.39, 0.29) is 24.7 Å². The summed E-state index contributed by atoms with van der Waals surface area (Å²) >= 11 is 0. The van der Waals surface area contributed by atoms with Crippen LogP contribution in [0.25, 0.3) is 10.8 Å². The summed E-state index contributed by atoms with van der Waals surface area (Å²) in [5.41, 5.74) is 1.38. The topological polar surface area (TPSA) is 55.8 Å². The van der Waals surface area contributed by atoms with Crippen molar-refractivity contribution < 1.29 is 19.4 Å². The molecule has 0 bridgehead atoms. The monoisotopic (exact) mass is 306 g/mol. The number of benzene rings is 3. The molecule has 0 saturated heterocycles. The molecule has 3 aromatic rings. The van der Waals surface area contributed by atoms with Gasteiger partial charge in [-0.1, -0.05) is 30.3 Å². The van der Waals surface area contributed by atoms with Gasteiger partial charge in [0.25, 0.3) is 0 Å². The molecule has 1 aliphatic heterocycles. The largest absolute Gasteiger partial charge is 0.507 e. The Kier molecular flexibility index (Phi) is 3.15. The number of Topliss-reactive ketones (excluding diaryl/α,β-unsaturated/α-hetero) is 1. The van der Waals surface area contributed by atoms with Crippen LogP contribution < -0.4 is 9.47 Å². The predicted molar refractivity (Wildman–Crippen MR) is 86.2 cm³/mol. The van der Waals surface area contributed by atoms with Crippen LogP contribution in [0.5, 0.6) is 17.2 Å². The Balaban J connectivity index is 1.69. The van der Waals surface area contributed by atoms with Crippen LogP contribution in [-0.4, -0.2) is 17.7 Å². The van der Waals surface area contributed by atoms with Crippen molar-refractivity contribution >= 4 is 16.6 Å². The lowest BCUT2D eigenvalue weighted by molar-refractivity contribution is 0.0993. The number of carbonyl (C=O) groups is 1. The average Bonchev–Trinajstić information content (AvgIpc) is 3.02. The molecule has 23 heavy (non-hydrogen) atoms. The number of phenols is 1. The second kappa shape index (κ2) is 5.32. The second-order valence-electron chi connectivity index (χ2n) is 5.46. The van der Waals surface area contributed by atoms with E-state index in [1.54, 1.807) is 30.3 Å². The number of fused-ring (bicyclic) bond motifs is 2. The van der Waals surface area contributed by atoms with Crippen molar-refractivity contribution in [2.24, 2.45) is 0 Å². The molecule has 0 unspecified atom stereocenters. The number of hydrogen-bond donors (Lipinski definition) is 1. The van der Waals surface area contributed by atoms with Crippen molar-refractivity contribution in [1.82, 2.24) is 0 Å². The van der Waals surface area contributed by atoms with Crippen LogP contribution in [0.4, 0.5) is 0 Å². The van der Waals surface area contributed by atoms with Crippen molar-refractivity contribution in [1.29, 1.82) is 0 Å². The first-order valence-electron chi connectivity index (χ1n) is 7.35. The Morgan fingerprint density at radius 2 is 1.78 bits per heavy atom. The molecule has 3 aromatic carbocycles. The molecule has 4 nitrogen and oxygen atoms in total. The molecule has 0 aliphatic carbocycles. The van der Waals surface area contributed by atoms with Gasteiger partial charge in [0.15, 0.2) is 17.3 Å².